The van der Waals surface area contributed by atoms with Crippen LogP contribution in [0.5, 0.6) is 0 Å². The Balaban J connectivity index is 1.98. The van der Waals surface area contributed by atoms with Crippen LogP contribution >= 0.6 is 0 Å². The molecule has 4 heteroatoms. The number of hydrogen-bond acceptors (Lipinski definition) is 3. The fourth-order valence-corrected chi connectivity index (χ4v) is 3.55. The SMILES string of the molecule is CCCc1cc(CN2CCCCC2)cc2nnc(C(C)(C)C)n12. The van der Waals surface area contributed by atoms with Crippen LogP contribution in [-0.2, 0) is 18.4 Å². The van der Waals surface area contributed by atoms with Gasteiger partial charge in [-0.05, 0) is 50.0 Å². The van der Waals surface area contributed by atoms with Crippen LogP contribution in [0.1, 0.15) is 70.5 Å². The second-order valence-electron chi connectivity index (χ2n) is 7.91. The third-order valence-corrected chi connectivity index (χ3v) is 4.67. The molecule has 0 aromatic carbocycles. The highest BCUT2D eigenvalue weighted by atomic mass is 15.3. The maximum absolute atomic E-state index is 4.50. The van der Waals surface area contributed by atoms with Crippen molar-refractivity contribution in [2.45, 2.75) is 71.8 Å². The molecule has 0 spiro atoms. The molecule has 2 aromatic heterocycles. The zero-order chi connectivity index (χ0) is 16.4. The fraction of sp³-hybridized carbons (Fsp3) is 0.684. The average molecular weight is 314 g/mol. The lowest BCUT2D eigenvalue weighted by Crippen LogP contribution is -2.29. The number of nitrogens with zero attached hydrogens (tertiary/aromatic N) is 4. The van der Waals surface area contributed by atoms with Crippen molar-refractivity contribution in [2.24, 2.45) is 0 Å². The summed E-state index contributed by atoms with van der Waals surface area (Å²) in [4.78, 5) is 2.58. The monoisotopic (exact) mass is 314 g/mol. The van der Waals surface area contributed by atoms with Crippen molar-refractivity contribution in [3.63, 3.8) is 0 Å². The first kappa shape index (κ1) is 16.4. The van der Waals surface area contributed by atoms with Gasteiger partial charge in [-0.15, -0.1) is 10.2 Å². The minimum absolute atomic E-state index is 0.0102. The van der Waals surface area contributed by atoms with Gasteiger partial charge in [0.2, 0.25) is 0 Å². The van der Waals surface area contributed by atoms with Crippen LogP contribution in [0.4, 0.5) is 0 Å². The summed E-state index contributed by atoms with van der Waals surface area (Å²) in [5.74, 6) is 1.07. The normalized spacial score (nSPS) is 17.0. The molecule has 1 fully saturated rings. The maximum atomic E-state index is 4.50. The summed E-state index contributed by atoms with van der Waals surface area (Å²) in [7, 11) is 0. The van der Waals surface area contributed by atoms with Gasteiger partial charge in [0.25, 0.3) is 0 Å². The van der Waals surface area contributed by atoms with Crippen LogP contribution in [0.15, 0.2) is 12.1 Å². The molecule has 0 atom stereocenters. The van der Waals surface area contributed by atoms with E-state index < -0.39 is 0 Å². The van der Waals surface area contributed by atoms with Gasteiger partial charge in [-0.1, -0.05) is 40.5 Å². The Morgan fingerprint density at radius 1 is 1.04 bits per heavy atom. The van der Waals surface area contributed by atoms with E-state index in [1.807, 2.05) is 0 Å². The van der Waals surface area contributed by atoms with E-state index in [4.69, 9.17) is 0 Å². The first-order valence-corrected chi connectivity index (χ1v) is 9.09. The van der Waals surface area contributed by atoms with E-state index >= 15 is 0 Å². The van der Waals surface area contributed by atoms with E-state index in [-0.39, 0.29) is 5.41 Å². The number of likely N-dealkylation sites (tertiary alicyclic amines) is 1. The Labute approximate surface area is 139 Å². The Kier molecular flexibility index (Phi) is 4.72. The van der Waals surface area contributed by atoms with Gasteiger partial charge >= 0.3 is 0 Å². The molecule has 2 aromatic rings. The molecule has 1 aliphatic heterocycles. The smallest absolute Gasteiger partial charge is 0.161 e. The molecule has 23 heavy (non-hydrogen) atoms. The third kappa shape index (κ3) is 3.57. The Hall–Kier alpha value is -1.42. The predicted octanol–water partition coefficient (Wildman–Crippen LogP) is 3.97. The highest BCUT2D eigenvalue weighted by Gasteiger charge is 2.23. The second kappa shape index (κ2) is 6.60. The molecule has 3 rings (SSSR count). The Bertz CT molecular complexity index is 660. The van der Waals surface area contributed by atoms with Crippen molar-refractivity contribution < 1.29 is 0 Å². The molecule has 0 unspecified atom stereocenters. The van der Waals surface area contributed by atoms with Crippen LogP contribution in [0.25, 0.3) is 5.65 Å². The van der Waals surface area contributed by atoms with Gasteiger partial charge < -0.3 is 0 Å². The number of piperidine rings is 1. The number of hydrogen-bond donors (Lipinski definition) is 0. The minimum Gasteiger partial charge on any atom is -0.299 e. The molecule has 0 aliphatic carbocycles. The van der Waals surface area contributed by atoms with E-state index in [0.29, 0.717) is 0 Å². The van der Waals surface area contributed by atoms with E-state index in [1.165, 1.54) is 43.6 Å². The standard InChI is InChI=1S/C19H30N4/c1-5-9-16-12-15(14-22-10-7-6-8-11-22)13-17-20-21-18(23(16)17)19(2,3)4/h12-13H,5-11,14H2,1-4H3. The van der Waals surface area contributed by atoms with Gasteiger partial charge in [0.05, 0.1) is 0 Å². The molecule has 1 aliphatic rings. The molecule has 3 heterocycles. The van der Waals surface area contributed by atoms with E-state index in [0.717, 1.165) is 30.9 Å². The fourth-order valence-electron chi connectivity index (χ4n) is 3.55. The first-order valence-electron chi connectivity index (χ1n) is 9.09. The van der Waals surface area contributed by atoms with Crippen molar-refractivity contribution in [1.82, 2.24) is 19.5 Å². The largest absolute Gasteiger partial charge is 0.299 e. The lowest BCUT2D eigenvalue weighted by atomic mass is 9.95. The molecular formula is C19H30N4. The highest BCUT2D eigenvalue weighted by molar-refractivity contribution is 5.45. The van der Waals surface area contributed by atoms with Crippen LogP contribution < -0.4 is 0 Å². The molecule has 0 saturated carbocycles. The van der Waals surface area contributed by atoms with Crippen molar-refractivity contribution in [3.8, 4) is 0 Å². The lowest BCUT2D eigenvalue weighted by Gasteiger charge is -2.26. The maximum Gasteiger partial charge on any atom is 0.161 e. The first-order chi connectivity index (χ1) is 11.0. The Morgan fingerprint density at radius 2 is 1.78 bits per heavy atom. The molecule has 1 saturated heterocycles. The van der Waals surface area contributed by atoms with Crippen LogP contribution in [0.3, 0.4) is 0 Å². The number of aromatic nitrogens is 3. The molecule has 0 N–H and O–H groups in total. The number of aryl methyl sites for hydroxylation is 1. The summed E-state index contributed by atoms with van der Waals surface area (Å²) in [6.07, 6.45) is 6.28. The average Bonchev–Trinajstić information content (AvgIpc) is 2.93. The number of pyridine rings is 1. The van der Waals surface area contributed by atoms with Crippen molar-refractivity contribution in [1.29, 1.82) is 0 Å². The lowest BCUT2D eigenvalue weighted by molar-refractivity contribution is 0.221. The molecular weight excluding hydrogens is 284 g/mol. The zero-order valence-electron chi connectivity index (χ0n) is 15.1. The summed E-state index contributed by atoms with van der Waals surface area (Å²) in [5, 5.41) is 8.97. The topological polar surface area (TPSA) is 33.4 Å². The third-order valence-electron chi connectivity index (χ3n) is 4.67. The summed E-state index contributed by atoms with van der Waals surface area (Å²) in [5.41, 5.74) is 3.76. The van der Waals surface area contributed by atoms with Crippen molar-refractivity contribution >= 4 is 5.65 Å². The van der Waals surface area contributed by atoms with Gasteiger partial charge in [0.1, 0.15) is 5.82 Å². The van der Waals surface area contributed by atoms with Gasteiger partial charge in [-0.3, -0.25) is 9.30 Å². The minimum atomic E-state index is 0.0102. The predicted molar refractivity (Wildman–Crippen MR) is 94.8 cm³/mol. The van der Waals surface area contributed by atoms with Gasteiger partial charge in [-0.25, -0.2) is 0 Å². The van der Waals surface area contributed by atoms with E-state index in [9.17, 15) is 0 Å². The Morgan fingerprint density at radius 3 is 2.43 bits per heavy atom. The molecule has 4 nitrogen and oxygen atoms in total. The van der Waals surface area contributed by atoms with Crippen LogP contribution in [0.2, 0.25) is 0 Å². The highest BCUT2D eigenvalue weighted by Crippen LogP contribution is 2.24. The molecule has 0 bridgehead atoms. The molecule has 0 amide bonds. The van der Waals surface area contributed by atoms with E-state index in [2.05, 4.69) is 59.3 Å². The van der Waals surface area contributed by atoms with E-state index in [1.54, 1.807) is 0 Å². The number of rotatable bonds is 4. The van der Waals surface area contributed by atoms with Crippen LogP contribution in [0, 0.1) is 0 Å². The van der Waals surface area contributed by atoms with Crippen LogP contribution in [-0.4, -0.2) is 32.6 Å². The zero-order valence-corrected chi connectivity index (χ0v) is 15.1. The summed E-state index contributed by atoms with van der Waals surface area (Å²) < 4.78 is 2.28. The van der Waals surface area contributed by atoms with Gasteiger partial charge in [0, 0.05) is 17.7 Å². The number of fused-ring (bicyclic) bond motifs is 1. The molecule has 126 valence electrons. The summed E-state index contributed by atoms with van der Waals surface area (Å²) >= 11 is 0. The summed E-state index contributed by atoms with van der Waals surface area (Å²) in [6, 6.07) is 4.61. The van der Waals surface area contributed by atoms with Crippen molar-refractivity contribution in [3.05, 3.63) is 29.2 Å². The molecule has 0 radical (unpaired) electrons. The van der Waals surface area contributed by atoms with Gasteiger partial charge in [0.15, 0.2) is 5.65 Å². The van der Waals surface area contributed by atoms with Gasteiger partial charge in [-0.2, -0.15) is 0 Å². The quantitative estimate of drug-likeness (QED) is 0.856. The van der Waals surface area contributed by atoms with Crippen molar-refractivity contribution in [2.75, 3.05) is 13.1 Å². The second-order valence-corrected chi connectivity index (χ2v) is 7.91. The summed E-state index contributed by atoms with van der Waals surface area (Å²) in [6.45, 7) is 12.4.